The molecule has 1 aliphatic rings. The molecular formula is C17H20N4O2. The van der Waals surface area contributed by atoms with Crippen LogP contribution in [0.3, 0.4) is 0 Å². The van der Waals surface area contributed by atoms with Crippen molar-refractivity contribution in [1.29, 1.82) is 0 Å². The molecule has 120 valence electrons. The molecule has 3 rings (SSSR count). The fraction of sp³-hybridized carbons (Fsp3) is 0.353. The first-order chi connectivity index (χ1) is 11.2. The molecule has 1 aliphatic heterocycles. The van der Waals surface area contributed by atoms with Crippen LogP contribution >= 0.6 is 0 Å². The van der Waals surface area contributed by atoms with Gasteiger partial charge in [0.25, 0.3) is 5.91 Å². The van der Waals surface area contributed by atoms with E-state index < -0.39 is 0 Å². The highest BCUT2D eigenvalue weighted by atomic mass is 16.5. The van der Waals surface area contributed by atoms with Crippen LogP contribution in [0.2, 0.25) is 0 Å². The molecule has 0 spiro atoms. The Bertz CT molecular complexity index is 667. The average Bonchev–Trinajstić information content (AvgIpc) is 3.08. The Balaban J connectivity index is 1.56. The monoisotopic (exact) mass is 312 g/mol. The molecule has 0 unspecified atom stereocenters. The van der Waals surface area contributed by atoms with Gasteiger partial charge in [-0.05, 0) is 37.0 Å². The average molecular weight is 312 g/mol. The lowest BCUT2D eigenvalue weighted by atomic mass is 10.1. The zero-order chi connectivity index (χ0) is 16.1. The lowest BCUT2D eigenvalue weighted by Crippen LogP contribution is -2.26. The van der Waals surface area contributed by atoms with E-state index in [9.17, 15) is 4.79 Å². The van der Waals surface area contributed by atoms with Gasteiger partial charge in [-0.15, -0.1) is 0 Å². The van der Waals surface area contributed by atoms with Crippen molar-refractivity contribution in [2.75, 3.05) is 25.5 Å². The number of nitrogens with one attached hydrogen (secondary N) is 1. The summed E-state index contributed by atoms with van der Waals surface area (Å²) >= 11 is 0. The lowest BCUT2D eigenvalue weighted by molar-refractivity contribution is 0.0950. The number of anilines is 1. The van der Waals surface area contributed by atoms with Crippen molar-refractivity contribution in [2.45, 2.75) is 12.8 Å². The summed E-state index contributed by atoms with van der Waals surface area (Å²) in [6, 6.07) is 9.10. The fourth-order valence-electron chi connectivity index (χ4n) is 2.63. The molecule has 23 heavy (non-hydrogen) atoms. The Kier molecular flexibility index (Phi) is 4.83. The lowest BCUT2D eigenvalue weighted by Gasteiger charge is -2.09. The Labute approximate surface area is 135 Å². The van der Waals surface area contributed by atoms with E-state index in [1.165, 1.54) is 0 Å². The number of hydrogen-bond donors (Lipinski definition) is 2. The summed E-state index contributed by atoms with van der Waals surface area (Å²) in [5.41, 5.74) is 7.87. The third kappa shape index (κ3) is 4.04. The normalized spacial score (nSPS) is 17.1. The van der Waals surface area contributed by atoms with Gasteiger partial charge in [0.15, 0.2) is 0 Å². The third-order valence-electron chi connectivity index (χ3n) is 3.98. The zero-order valence-corrected chi connectivity index (χ0v) is 12.9. The van der Waals surface area contributed by atoms with Gasteiger partial charge in [-0.1, -0.05) is 12.1 Å². The molecule has 1 saturated heterocycles. The molecule has 2 heterocycles. The summed E-state index contributed by atoms with van der Waals surface area (Å²) < 4.78 is 5.33. The highest BCUT2D eigenvalue weighted by molar-refractivity contribution is 5.94. The summed E-state index contributed by atoms with van der Waals surface area (Å²) in [4.78, 5) is 20.2. The molecule has 6 heteroatoms. The highest BCUT2D eigenvalue weighted by Crippen LogP contribution is 2.18. The number of rotatable bonds is 5. The maximum Gasteiger partial charge on any atom is 0.251 e. The second-order valence-electron chi connectivity index (χ2n) is 5.65. The number of benzene rings is 1. The minimum absolute atomic E-state index is 0.0577. The van der Waals surface area contributed by atoms with E-state index in [-0.39, 0.29) is 11.9 Å². The summed E-state index contributed by atoms with van der Waals surface area (Å²) in [6.07, 6.45) is 3.67. The number of aromatic nitrogens is 2. The molecule has 2 aromatic rings. The fourth-order valence-corrected chi connectivity index (χ4v) is 2.63. The minimum atomic E-state index is -0.0577. The predicted octanol–water partition coefficient (Wildman–Crippen LogP) is 1.88. The zero-order valence-electron chi connectivity index (χ0n) is 12.9. The molecule has 1 aromatic heterocycles. The van der Waals surface area contributed by atoms with Crippen LogP contribution in [0.4, 0.5) is 5.95 Å². The summed E-state index contributed by atoms with van der Waals surface area (Å²) in [7, 11) is 0. The van der Waals surface area contributed by atoms with Crippen molar-refractivity contribution in [3.8, 4) is 11.3 Å². The molecule has 0 bridgehead atoms. The number of carbonyl (C=O) groups is 1. The topological polar surface area (TPSA) is 90.1 Å². The van der Waals surface area contributed by atoms with E-state index in [1.54, 1.807) is 24.4 Å². The van der Waals surface area contributed by atoms with E-state index in [2.05, 4.69) is 15.3 Å². The summed E-state index contributed by atoms with van der Waals surface area (Å²) in [5.74, 6) is 0.749. The molecule has 1 fully saturated rings. The Hall–Kier alpha value is -2.47. The first-order valence-corrected chi connectivity index (χ1v) is 7.77. The number of hydrogen-bond acceptors (Lipinski definition) is 5. The second-order valence-corrected chi connectivity index (χ2v) is 5.65. The van der Waals surface area contributed by atoms with Crippen molar-refractivity contribution < 1.29 is 9.53 Å². The molecule has 0 radical (unpaired) electrons. The third-order valence-corrected chi connectivity index (χ3v) is 3.98. The molecular weight excluding hydrogens is 292 g/mol. The molecule has 3 N–H and O–H groups in total. The minimum Gasteiger partial charge on any atom is -0.381 e. The van der Waals surface area contributed by atoms with Crippen molar-refractivity contribution >= 4 is 11.9 Å². The SMILES string of the molecule is Nc1nccc(-c2ccc(C(=O)NCC[C@H]3CCOC3)cc2)n1. The number of nitrogen functional groups attached to an aromatic ring is 1. The highest BCUT2D eigenvalue weighted by Gasteiger charge is 2.15. The van der Waals surface area contributed by atoms with Crippen LogP contribution < -0.4 is 11.1 Å². The Morgan fingerprint density at radius 1 is 1.30 bits per heavy atom. The van der Waals surface area contributed by atoms with Crippen LogP contribution in [0, 0.1) is 5.92 Å². The second kappa shape index (κ2) is 7.19. The summed E-state index contributed by atoms with van der Waals surface area (Å²) in [5, 5.41) is 2.95. The van der Waals surface area contributed by atoms with Crippen molar-refractivity contribution in [3.05, 3.63) is 42.1 Å². The van der Waals surface area contributed by atoms with Gasteiger partial charge in [0.2, 0.25) is 5.95 Å². The summed E-state index contributed by atoms with van der Waals surface area (Å²) in [6.45, 7) is 2.33. The maximum absolute atomic E-state index is 12.1. The Morgan fingerprint density at radius 2 is 2.13 bits per heavy atom. The van der Waals surface area contributed by atoms with Crippen LogP contribution in [-0.2, 0) is 4.74 Å². The molecule has 1 atom stereocenters. The molecule has 1 aromatic carbocycles. The number of nitrogens with zero attached hydrogens (tertiary/aromatic N) is 2. The van der Waals surface area contributed by atoms with Crippen LogP contribution in [0.5, 0.6) is 0 Å². The van der Waals surface area contributed by atoms with E-state index in [0.29, 0.717) is 18.0 Å². The molecule has 1 amide bonds. The van der Waals surface area contributed by atoms with Gasteiger partial charge in [0.05, 0.1) is 5.69 Å². The molecule has 0 saturated carbocycles. The number of amides is 1. The Morgan fingerprint density at radius 3 is 2.83 bits per heavy atom. The van der Waals surface area contributed by atoms with Gasteiger partial charge < -0.3 is 15.8 Å². The standard InChI is InChI=1S/C17H20N4O2/c18-17-20-9-6-15(21-17)13-1-3-14(4-2-13)16(22)19-8-5-12-7-10-23-11-12/h1-4,6,9,12H,5,7-8,10-11H2,(H,19,22)(H2,18,20,21)/t12-/m0/s1. The van der Waals surface area contributed by atoms with E-state index in [0.717, 1.165) is 37.3 Å². The van der Waals surface area contributed by atoms with E-state index in [4.69, 9.17) is 10.5 Å². The van der Waals surface area contributed by atoms with E-state index >= 15 is 0 Å². The van der Waals surface area contributed by atoms with Crippen LogP contribution in [-0.4, -0.2) is 35.6 Å². The van der Waals surface area contributed by atoms with Gasteiger partial charge in [-0.3, -0.25) is 4.79 Å². The number of nitrogens with two attached hydrogens (primary N) is 1. The van der Waals surface area contributed by atoms with Gasteiger partial charge in [0, 0.05) is 37.1 Å². The quantitative estimate of drug-likeness (QED) is 0.880. The van der Waals surface area contributed by atoms with Crippen LogP contribution in [0.15, 0.2) is 36.5 Å². The van der Waals surface area contributed by atoms with E-state index in [1.807, 2.05) is 12.1 Å². The van der Waals surface area contributed by atoms with Gasteiger partial charge >= 0.3 is 0 Å². The van der Waals surface area contributed by atoms with Gasteiger partial charge in [-0.2, -0.15) is 0 Å². The van der Waals surface area contributed by atoms with Crippen molar-refractivity contribution in [3.63, 3.8) is 0 Å². The van der Waals surface area contributed by atoms with Gasteiger partial charge in [0.1, 0.15) is 0 Å². The van der Waals surface area contributed by atoms with Gasteiger partial charge in [-0.25, -0.2) is 9.97 Å². The predicted molar refractivity (Wildman–Crippen MR) is 87.8 cm³/mol. The molecule has 6 nitrogen and oxygen atoms in total. The molecule has 0 aliphatic carbocycles. The largest absolute Gasteiger partial charge is 0.381 e. The smallest absolute Gasteiger partial charge is 0.251 e. The number of carbonyl (C=O) groups excluding carboxylic acids is 1. The maximum atomic E-state index is 12.1. The number of ether oxygens (including phenoxy) is 1. The first-order valence-electron chi connectivity index (χ1n) is 7.77. The first kappa shape index (κ1) is 15.4. The van der Waals surface area contributed by atoms with Crippen LogP contribution in [0.25, 0.3) is 11.3 Å². The van der Waals surface area contributed by atoms with Crippen LogP contribution in [0.1, 0.15) is 23.2 Å². The van der Waals surface area contributed by atoms with Crippen molar-refractivity contribution in [2.24, 2.45) is 5.92 Å². The van der Waals surface area contributed by atoms with Crippen molar-refractivity contribution in [1.82, 2.24) is 15.3 Å².